The molecule has 0 aliphatic carbocycles. The van der Waals surface area contributed by atoms with Gasteiger partial charge in [-0.3, -0.25) is 0 Å². The van der Waals surface area contributed by atoms with Crippen LogP contribution >= 0.6 is 12.0 Å². The van der Waals surface area contributed by atoms with Gasteiger partial charge < -0.3 is 9.29 Å². The van der Waals surface area contributed by atoms with Gasteiger partial charge >= 0.3 is 35.0 Å². The van der Waals surface area contributed by atoms with Gasteiger partial charge in [0.1, 0.15) is 0 Å². The van der Waals surface area contributed by atoms with Crippen molar-refractivity contribution in [1.29, 1.82) is 0 Å². The quantitative estimate of drug-likeness (QED) is 0.693. The van der Waals surface area contributed by atoms with Crippen LogP contribution < -0.4 is 0 Å². The first-order chi connectivity index (χ1) is 9.16. The molecular weight excluding hydrogens is 289 g/mol. The number of carboxylic acids is 1. The van der Waals surface area contributed by atoms with Crippen molar-refractivity contribution < 1.29 is 18.9 Å². The lowest BCUT2D eigenvalue weighted by Gasteiger charge is -2.03. The second-order valence-corrected chi connectivity index (χ2v) is 4.46. The van der Waals surface area contributed by atoms with E-state index in [0.717, 1.165) is 16.9 Å². The van der Waals surface area contributed by atoms with Gasteiger partial charge in [0.2, 0.25) is 0 Å². The lowest BCUT2D eigenvalue weighted by Crippen LogP contribution is -2.03. The highest BCUT2D eigenvalue weighted by atomic mass is 32.2. The van der Waals surface area contributed by atoms with Crippen molar-refractivity contribution in [3.05, 3.63) is 65.7 Å². The molecule has 6 heteroatoms. The molecule has 0 amide bonds. The molecule has 100 valence electrons. The minimum atomic E-state index is -1.08. The molecule has 2 aromatic rings. The molecule has 0 fully saturated rings. The highest BCUT2D eigenvalue weighted by Crippen LogP contribution is 2.20. The maximum atomic E-state index is 11.8. The van der Waals surface area contributed by atoms with Crippen molar-refractivity contribution in [1.82, 2.24) is 0 Å². The predicted molar refractivity (Wildman–Crippen MR) is 79.7 cm³/mol. The second-order valence-electron chi connectivity index (χ2n) is 3.65. The highest BCUT2D eigenvalue weighted by Gasteiger charge is 2.11. The smallest absolute Gasteiger partial charge is 0.350 e. The molecule has 0 atom stereocenters. The summed E-state index contributed by atoms with van der Waals surface area (Å²) in [5.41, 5.74) is 0.266. The SMILES string of the molecule is O=C(O)c1cccc(C(=O)OSc2ccccc2)c1.[MgH2]. The van der Waals surface area contributed by atoms with Gasteiger partial charge in [0.25, 0.3) is 0 Å². The van der Waals surface area contributed by atoms with E-state index < -0.39 is 11.9 Å². The Balaban J connectivity index is 0.00000200. The van der Waals surface area contributed by atoms with Crippen LogP contribution in [0.5, 0.6) is 0 Å². The van der Waals surface area contributed by atoms with Crippen LogP contribution in [-0.4, -0.2) is 40.1 Å². The van der Waals surface area contributed by atoms with Crippen LogP contribution in [-0.2, 0) is 4.18 Å². The zero-order valence-electron chi connectivity index (χ0n) is 9.78. The van der Waals surface area contributed by atoms with Crippen LogP contribution in [0.25, 0.3) is 0 Å². The van der Waals surface area contributed by atoms with E-state index in [1.807, 2.05) is 30.3 Å². The van der Waals surface area contributed by atoms with Gasteiger partial charge in [0.15, 0.2) is 0 Å². The van der Waals surface area contributed by atoms with Crippen LogP contribution in [0.3, 0.4) is 0 Å². The Morgan fingerprint density at radius 3 is 2.25 bits per heavy atom. The van der Waals surface area contributed by atoms with Crippen LogP contribution in [0.1, 0.15) is 20.7 Å². The third-order valence-electron chi connectivity index (χ3n) is 2.30. The molecule has 0 saturated carbocycles. The third kappa shape index (κ3) is 4.55. The van der Waals surface area contributed by atoms with Gasteiger partial charge in [-0.1, -0.05) is 24.3 Å². The normalized spacial score (nSPS) is 9.40. The fraction of sp³-hybridized carbons (Fsp3) is 0. The molecule has 0 saturated heterocycles. The average Bonchev–Trinajstić information content (AvgIpc) is 2.46. The maximum absolute atomic E-state index is 11.8. The zero-order valence-corrected chi connectivity index (χ0v) is 10.6. The van der Waals surface area contributed by atoms with Gasteiger partial charge in [-0.2, -0.15) is 0 Å². The Hall–Kier alpha value is -1.50. The number of benzene rings is 2. The Kier molecular flexibility index (Phi) is 6.57. The van der Waals surface area contributed by atoms with Crippen molar-refractivity contribution in [3.8, 4) is 0 Å². The first kappa shape index (κ1) is 16.6. The van der Waals surface area contributed by atoms with Crippen molar-refractivity contribution in [3.63, 3.8) is 0 Å². The number of carbonyl (C=O) groups is 2. The lowest BCUT2D eigenvalue weighted by atomic mass is 10.1. The highest BCUT2D eigenvalue weighted by molar-refractivity contribution is 7.95. The summed E-state index contributed by atoms with van der Waals surface area (Å²) in [5.74, 6) is -1.65. The van der Waals surface area contributed by atoms with Gasteiger partial charge in [-0.05, 0) is 30.3 Å². The molecule has 1 N–H and O–H groups in total. The number of carboxylic acid groups (broad SMARTS) is 1. The molecule has 0 aromatic heterocycles. The van der Waals surface area contributed by atoms with Crippen LogP contribution in [0.4, 0.5) is 0 Å². The summed E-state index contributed by atoms with van der Waals surface area (Å²) in [7, 11) is 0. The van der Waals surface area contributed by atoms with Crippen molar-refractivity contribution >= 4 is 47.0 Å². The van der Waals surface area contributed by atoms with Crippen LogP contribution in [0.15, 0.2) is 59.5 Å². The first-order valence-electron chi connectivity index (χ1n) is 5.44. The van der Waals surface area contributed by atoms with Crippen molar-refractivity contribution in [2.45, 2.75) is 4.90 Å². The van der Waals surface area contributed by atoms with Gasteiger partial charge in [-0.25, -0.2) is 9.59 Å². The number of hydrogen-bond acceptors (Lipinski definition) is 4. The Morgan fingerprint density at radius 1 is 0.950 bits per heavy atom. The molecular formula is C14H12MgO4S. The molecule has 4 nitrogen and oxygen atoms in total. The fourth-order valence-electron chi connectivity index (χ4n) is 1.39. The summed E-state index contributed by atoms with van der Waals surface area (Å²) in [6, 6.07) is 14.9. The average molecular weight is 301 g/mol. The molecule has 20 heavy (non-hydrogen) atoms. The Labute approximate surface area is 136 Å². The van der Waals surface area contributed by atoms with Gasteiger partial charge in [0, 0.05) is 4.90 Å². The summed E-state index contributed by atoms with van der Waals surface area (Å²) < 4.78 is 5.03. The number of hydrogen-bond donors (Lipinski definition) is 1. The summed E-state index contributed by atoms with van der Waals surface area (Å²) in [4.78, 5) is 23.4. The van der Waals surface area contributed by atoms with E-state index >= 15 is 0 Å². The molecule has 0 spiro atoms. The predicted octanol–water partition coefficient (Wildman–Crippen LogP) is 2.33. The first-order valence-corrected chi connectivity index (χ1v) is 6.18. The number of aromatic carboxylic acids is 1. The fourth-order valence-corrected chi connectivity index (χ4v) is 1.93. The molecule has 0 aliphatic rings. The molecule has 0 bridgehead atoms. The van der Waals surface area contributed by atoms with E-state index in [4.69, 9.17) is 9.29 Å². The van der Waals surface area contributed by atoms with E-state index in [-0.39, 0.29) is 34.2 Å². The number of rotatable bonds is 4. The van der Waals surface area contributed by atoms with Gasteiger partial charge in [-0.15, -0.1) is 0 Å². The number of carbonyl (C=O) groups excluding carboxylic acids is 1. The molecule has 2 aromatic carbocycles. The van der Waals surface area contributed by atoms with Gasteiger partial charge in [0.05, 0.1) is 23.2 Å². The van der Waals surface area contributed by atoms with E-state index in [0.29, 0.717) is 0 Å². The van der Waals surface area contributed by atoms with Crippen molar-refractivity contribution in [2.24, 2.45) is 0 Å². The zero-order chi connectivity index (χ0) is 13.7. The van der Waals surface area contributed by atoms with E-state index in [2.05, 4.69) is 0 Å². The van der Waals surface area contributed by atoms with Crippen LogP contribution in [0.2, 0.25) is 0 Å². The monoisotopic (exact) mass is 300 g/mol. The Bertz CT molecular complexity index is 601. The summed E-state index contributed by atoms with van der Waals surface area (Å²) >= 11 is 0.941. The van der Waals surface area contributed by atoms with E-state index in [1.165, 1.54) is 24.3 Å². The van der Waals surface area contributed by atoms with Crippen LogP contribution in [0, 0.1) is 0 Å². The summed E-state index contributed by atoms with van der Waals surface area (Å²) in [6.07, 6.45) is 0. The van der Waals surface area contributed by atoms with E-state index in [1.54, 1.807) is 0 Å². The third-order valence-corrected chi connectivity index (χ3v) is 3.00. The molecule has 0 aliphatic heterocycles. The molecule has 0 heterocycles. The summed E-state index contributed by atoms with van der Waals surface area (Å²) in [5, 5.41) is 8.84. The largest absolute Gasteiger partial charge is 0.478 e. The minimum Gasteiger partial charge on any atom is -0.478 e. The topological polar surface area (TPSA) is 63.6 Å². The standard InChI is InChI=1S/C14H10O4S.Mg.2H/c15-13(16)10-5-4-6-11(9-10)14(17)18-19-12-7-2-1-3-8-12;;;/h1-9H,(H,15,16);;;. The van der Waals surface area contributed by atoms with E-state index in [9.17, 15) is 9.59 Å². The summed E-state index contributed by atoms with van der Waals surface area (Å²) in [6.45, 7) is 0. The minimum absolute atomic E-state index is 0. The lowest BCUT2D eigenvalue weighted by molar-refractivity contribution is 0.0697. The molecule has 2 rings (SSSR count). The second kappa shape index (κ2) is 7.93. The molecule has 0 radical (unpaired) electrons. The van der Waals surface area contributed by atoms with Crippen molar-refractivity contribution in [2.75, 3.05) is 0 Å². The maximum Gasteiger partial charge on any atom is 0.350 e. The molecule has 0 unspecified atom stereocenters. The Morgan fingerprint density at radius 2 is 1.60 bits per heavy atom.